The number of aliphatic carboxylic acids is 1. The van der Waals surface area contributed by atoms with Gasteiger partial charge in [0.1, 0.15) is 11.5 Å². The van der Waals surface area contributed by atoms with Gasteiger partial charge in [0.25, 0.3) is 5.91 Å². The van der Waals surface area contributed by atoms with Crippen molar-refractivity contribution >= 4 is 11.9 Å². The number of hydrogen-bond donors (Lipinski definition) is 4. The van der Waals surface area contributed by atoms with Crippen LogP contribution in [0.3, 0.4) is 0 Å². The third-order valence-electron chi connectivity index (χ3n) is 5.74. The molecule has 0 saturated carbocycles. The van der Waals surface area contributed by atoms with Crippen molar-refractivity contribution in [3.8, 4) is 11.4 Å². The minimum Gasteiger partial charge on any atom is -0.481 e. The smallest absolute Gasteiger partial charge is 0.305 e. The SMILES string of the molecule is CC(C)c1c(C(=O)NCc2ccccc2)nc(-c2ccccc2)n1CC[C@@H](O)C[C@@H](O)CC(=O)O. The van der Waals surface area contributed by atoms with Crippen LogP contribution in [0.15, 0.2) is 60.7 Å². The topological polar surface area (TPSA) is 125 Å². The van der Waals surface area contributed by atoms with Crippen LogP contribution in [0.25, 0.3) is 11.4 Å². The molecule has 1 heterocycles. The van der Waals surface area contributed by atoms with E-state index >= 15 is 0 Å². The fourth-order valence-corrected chi connectivity index (χ4v) is 4.11. The number of carbonyl (C=O) groups is 2. The summed E-state index contributed by atoms with van der Waals surface area (Å²) >= 11 is 0. The second-order valence-electron chi connectivity index (χ2n) is 8.94. The maximum atomic E-state index is 13.2. The molecule has 0 spiro atoms. The minimum absolute atomic E-state index is 0.0211. The highest BCUT2D eigenvalue weighted by atomic mass is 16.4. The van der Waals surface area contributed by atoms with Crippen LogP contribution >= 0.6 is 0 Å². The van der Waals surface area contributed by atoms with E-state index in [2.05, 4.69) is 5.32 Å². The van der Waals surface area contributed by atoms with Gasteiger partial charge in [-0.05, 0) is 24.3 Å². The van der Waals surface area contributed by atoms with E-state index in [0.717, 1.165) is 16.8 Å². The lowest BCUT2D eigenvalue weighted by atomic mass is 10.0. The Kier molecular flexibility index (Phi) is 9.17. The van der Waals surface area contributed by atoms with Crippen molar-refractivity contribution in [3.05, 3.63) is 77.6 Å². The molecule has 1 amide bonds. The van der Waals surface area contributed by atoms with Crippen LogP contribution in [0.5, 0.6) is 0 Å². The number of hydrogen-bond acceptors (Lipinski definition) is 5. The zero-order chi connectivity index (χ0) is 25.4. The van der Waals surface area contributed by atoms with Crippen molar-refractivity contribution in [2.24, 2.45) is 0 Å². The number of aliphatic hydroxyl groups is 2. The van der Waals surface area contributed by atoms with Crippen LogP contribution < -0.4 is 5.32 Å². The van der Waals surface area contributed by atoms with Gasteiger partial charge in [-0.25, -0.2) is 4.98 Å². The van der Waals surface area contributed by atoms with Gasteiger partial charge in [0.2, 0.25) is 0 Å². The lowest BCUT2D eigenvalue weighted by Crippen LogP contribution is -2.25. The van der Waals surface area contributed by atoms with Crippen molar-refractivity contribution in [1.29, 1.82) is 0 Å². The Bertz CT molecular complexity index is 1110. The van der Waals surface area contributed by atoms with Gasteiger partial charge in [-0.2, -0.15) is 0 Å². The lowest BCUT2D eigenvalue weighted by molar-refractivity contribution is -0.139. The van der Waals surface area contributed by atoms with E-state index in [1.54, 1.807) is 0 Å². The summed E-state index contributed by atoms with van der Waals surface area (Å²) in [7, 11) is 0. The molecule has 0 unspecified atom stereocenters. The summed E-state index contributed by atoms with van der Waals surface area (Å²) in [4.78, 5) is 28.7. The summed E-state index contributed by atoms with van der Waals surface area (Å²) in [5.41, 5.74) is 2.93. The standard InChI is InChI=1S/C27H33N3O5/c1-18(2)25-24(27(35)28-17-19-9-5-3-6-10-19)29-26(20-11-7-4-8-12-20)30(25)14-13-21(31)15-22(32)16-23(33)34/h3-12,18,21-22,31-32H,13-17H2,1-2H3,(H,28,35)(H,33,34)/t21-,22-/m1/s1. The maximum absolute atomic E-state index is 13.2. The second-order valence-corrected chi connectivity index (χ2v) is 8.94. The molecule has 0 saturated heterocycles. The van der Waals surface area contributed by atoms with E-state index in [0.29, 0.717) is 24.6 Å². The van der Waals surface area contributed by atoms with Gasteiger partial charge >= 0.3 is 5.97 Å². The van der Waals surface area contributed by atoms with Crippen LogP contribution in [0.4, 0.5) is 0 Å². The number of carbonyl (C=O) groups excluding carboxylic acids is 1. The summed E-state index contributed by atoms with van der Waals surface area (Å²) in [6.45, 7) is 4.72. The highest BCUT2D eigenvalue weighted by Crippen LogP contribution is 2.28. The molecule has 8 nitrogen and oxygen atoms in total. The molecule has 4 N–H and O–H groups in total. The van der Waals surface area contributed by atoms with Gasteiger partial charge in [0, 0.05) is 18.7 Å². The Balaban J connectivity index is 1.87. The fourth-order valence-electron chi connectivity index (χ4n) is 4.11. The number of nitrogens with zero attached hydrogens (tertiary/aromatic N) is 2. The van der Waals surface area contributed by atoms with Crippen LogP contribution in [0.1, 0.15) is 60.8 Å². The number of imidazole rings is 1. The number of aliphatic hydroxyl groups excluding tert-OH is 2. The summed E-state index contributed by atoms with van der Waals surface area (Å²) in [6.07, 6.45) is -2.20. The first-order valence-corrected chi connectivity index (χ1v) is 11.8. The van der Waals surface area contributed by atoms with Crippen molar-refractivity contribution in [2.75, 3.05) is 0 Å². The van der Waals surface area contributed by atoms with Gasteiger partial charge in [-0.15, -0.1) is 0 Å². The van der Waals surface area contributed by atoms with Crippen LogP contribution in [0.2, 0.25) is 0 Å². The predicted octanol–water partition coefficient (Wildman–Crippen LogP) is 3.58. The van der Waals surface area contributed by atoms with E-state index in [1.165, 1.54) is 0 Å². The molecule has 3 rings (SSSR count). The number of benzene rings is 2. The molecule has 0 fully saturated rings. The van der Waals surface area contributed by atoms with E-state index in [9.17, 15) is 19.8 Å². The number of amides is 1. The molecule has 1 aromatic heterocycles. The zero-order valence-electron chi connectivity index (χ0n) is 20.1. The molecule has 0 aliphatic carbocycles. The van der Waals surface area contributed by atoms with Gasteiger partial charge in [-0.1, -0.05) is 74.5 Å². The quantitative estimate of drug-likeness (QED) is 0.315. The monoisotopic (exact) mass is 479 g/mol. The highest BCUT2D eigenvalue weighted by molar-refractivity contribution is 5.94. The predicted molar refractivity (Wildman–Crippen MR) is 133 cm³/mol. The van der Waals surface area contributed by atoms with Gasteiger partial charge in [0.15, 0.2) is 0 Å². The number of aromatic nitrogens is 2. The molecule has 2 aromatic carbocycles. The average molecular weight is 480 g/mol. The van der Waals surface area contributed by atoms with Crippen molar-refractivity contribution < 1.29 is 24.9 Å². The van der Waals surface area contributed by atoms with Gasteiger partial charge in [-0.3, -0.25) is 9.59 Å². The van der Waals surface area contributed by atoms with Gasteiger partial charge < -0.3 is 25.2 Å². The highest BCUT2D eigenvalue weighted by Gasteiger charge is 2.26. The van der Waals surface area contributed by atoms with Crippen molar-refractivity contribution in [2.45, 2.75) is 64.3 Å². The summed E-state index contributed by atoms with van der Waals surface area (Å²) < 4.78 is 1.95. The Morgan fingerprint density at radius 1 is 0.971 bits per heavy atom. The van der Waals surface area contributed by atoms with E-state index in [1.807, 2.05) is 79.1 Å². The molecule has 0 radical (unpaired) electrons. The fraction of sp³-hybridized carbons (Fsp3) is 0.370. The van der Waals surface area contributed by atoms with E-state index in [4.69, 9.17) is 10.1 Å². The molecular weight excluding hydrogens is 446 g/mol. The average Bonchev–Trinajstić information content (AvgIpc) is 3.22. The van der Waals surface area contributed by atoms with E-state index < -0.39 is 24.6 Å². The van der Waals surface area contributed by atoms with Crippen molar-refractivity contribution in [1.82, 2.24) is 14.9 Å². The summed E-state index contributed by atoms with van der Waals surface area (Å²) in [5.74, 6) is -0.783. The normalized spacial score (nSPS) is 12.9. The molecule has 0 aliphatic rings. The number of carboxylic acid groups (broad SMARTS) is 1. The minimum atomic E-state index is -1.12. The maximum Gasteiger partial charge on any atom is 0.305 e. The third kappa shape index (κ3) is 7.24. The number of rotatable bonds is 12. The van der Waals surface area contributed by atoms with Crippen LogP contribution in [0, 0.1) is 0 Å². The number of carboxylic acids is 1. The van der Waals surface area contributed by atoms with E-state index in [-0.39, 0.29) is 24.7 Å². The first-order chi connectivity index (χ1) is 16.8. The molecule has 0 bridgehead atoms. The number of nitrogens with one attached hydrogen (secondary N) is 1. The molecular formula is C27H33N3O5. The molecule has 35 heavy (non-hydrogen) atoms. The first kappa shape index (κ1) is 26.1. The Morgan fingerprint density at radius 2 is 1.60 bits per heavy atom. The summed E-state index contributed by atoms with van der Waals surface area (Å²) in [6, 6.07) is 19.2. The molecule has 3 aromatic rings. The Morgan fingerprint density at radius 3 is 2.20 bits per heavy atom. The second kappa shape index (κ2) is 12.3. The largest absolute Gasteiger partial charge is 0.481 e. The molecule has 186 valence electrons. The van der Waals surface area contributed by atoms with Crippen molar-refractivity contribution in [3.63, 3.8) is 0 Å². The third-order valence-corrected chi connectivity index (χ3v) is 5.74. The lowest BCUT2D eigenvalue weighted by Gasteiger charge is -2.18. The van der Waals surface area contributed by atoms with Crippen LogP contribution in [-0.2, 0) is 17.9 Å². The molecule has 0 aliphatic heterocycles. The summed E-state index contributed by atoms with van der Waals surface area (Å²) in [5, 5.41) is 32.1. The van der Waals surface area contributed by atoms with Gasteiger partial charge in [0.05, 0.1) is 24.3 Å². The Hall–Kier alpha value is -3.49. The molecule has 2 atom stereocenters. The zero-order valence-corrected chi connectivity index (χ0v) is 20.1. The molecule has 8 heteroatoms. The Labute approximate surface area is 205 Å². The first-order valence-electron chi connectivity index (χ1n) is 11.8. The van der Waals surface area contributed by atoms with Crippen LogP contribution in [-0.4, -0.2) is 49.0 Å².